The minimum atomic E-state index is -0.524. The first-order valence-electron chi connectivity index (χ1n) is 9.20. The van der Waals surface area contributed by atoms with Crippen LogP contribution in [-0.2, 0) is 20.9 Å². The molecule has 1 fully saturated rings. The second-order valence-electron chi connectivity index (χ2n) is 6.65. The van der Waals surface area contributed by atoms with Crippen LogP contribution in [0.25, 0.3) is 6.08 Å². The molecule has 2 amide bonds. The highest BCUT2D eigenvalue weighted by Crippen LogP contribution is 2.38. The van der Waals surface area contributed by atoms with Crippen LogP contribution in [0.1, 0.15) is 16.7 Å². The van der Waals surface area contributed by atoms with E-state index in [4.69, 9.17) is 9.47 Å². The largest absolute Gasteiger partial charge is 0.493 e. The molecule has 0 saturated carbocycles. The van der Waals surface area contributed by atoms with Crippen LogP contribution in [0.15, 0.2) is 45.8 Å². The minimum Gasteiger partial charge on any atom is -0.493 e. The molecule has 9 heteroatoms. The van der Waals surface area contributed by atoms with Crippen LogP contribution in [0.4, 0.5) is 4.79 Å². The summed E-state index contributed by atoms with van der Waals surface area (Å²) in [5.74, 6) is -0.167. The first kappa shape index (κ1) is 22.9. The zero-order valence-corrected chi connectivity index (χ0v) is 19.5. The number of rotatable bonds is 7. The van der Waals surface area contributed by atoms with E-state index in [1.165, 1.54) is 19.1 Å². The fraction of sp³-hybridized carbons (Fsp3) is 0.227. The number of amides is 2. The molecule has 0 N–H and O–H groups in total. The quantitative estimate of drug-likeness (QED) is 0.403. The van der Waals surface area contributed by atoms with Crippen LogP contribution < -0.4 is 9.47 Å². The lowest BCUT2D eigenvalue weighted by Gasteiger charge is -2.13. The maximum Gasteiger partial charge on any atom is 0.343 e. The van der Waals surface area contributed by atoms with Crippen LogP contribution in [0.2, 0.25) is 0 Å². The van der Waals surface area contributed by atoms with Crippen LogP contribution in [0.3, 0.4) is 0 Å². The van der Waals surface area contributed by atoms with E-state index in [1.807, 2.05) is 31.2 Å². The van der Waals surface area contributed by atoms with Crippen molar-refractivity contribution in [1.29, 1.82) is 0 Å². The molecule has 1 heterocycles. The van der Waals surface area contributed by atoms with E-state index in [0.29, 0.717) is 26.4 Å². The average molecular weight is 506 g/mol. The molecular weight excluding hydrogens is 486 g/mol. The van der Waals surface area contributed by atoms with Crippen molar-refractivity contribution in [3.8, 4) is 11.5 Å². The van der Waals surface area contributed by atoms with Crippen LogP contribution in [0, 0.1) is 6.92 Å². The lowest BCUT2D eigenvalue weighted by Crippen LogP contribution is -2.27. The highest BCUT2D eigenvalue weighted by Gasteiger charge is 2.35. The molecule has 2 aromatic rings. The van der Waals surface area contributed by atoms with Crippen molar-refractivity contribution in [3.05, 3.63) is 62.5 Å². The Morgan fingerprint density at radius 2 is 1.94 bits per heavy atom. The van der Waals surface area contributed by atoms with E-state index >= 15 is 0 Å². The van der Waals surface area contributed by atoms with E-state index in [0.717, 1.165) is 22.9 Å². The van der Waals surface area contributed by atoms with Gasteiger partial charge in [0.2, 0.25) is 0 Å². The summed E-state index contributed by atoms with van der Waals surface area (Å²) in [6, 6.07) is 11.0. The maximum atomic E-state index is 12.8. The lowest BCUT2D eigenvalue weighted by atomic mass is 10.1. The number of hydrogen-bond donors (Lipinski definition) is 0. The maximum absolute atomic E-state index is 12.8. The molecule has 0 aliphatic carbocycles. The number of ether oxygens (including phenoxy) is 3. The third-order valence-corrected chi connectivity index (χ3v) is 6.03. The van der Waals surface area contributed by atoms with E-state index < -0.39 is 5.97 Å². The second-order valence-corrected chi connectivity index (χ2v) is 8.49. The molecule has 2 aromatic carbocycles. The van der Waals surface area contributed by atoms with Gasteiger partial charge in [-0.15, -0.1) is 0 Å². The number of imide groups is 1. The van der Waals surface area contributed by atoms with Crippen molar-refractivity contribution in [2.75, 3.05) is 20.8 Å². The number of esters is 1. The van der Waals surface area contributed by atoms with Crippen molar-refractivity contribution in [3.63, 3.8) is 0 Å². The fourth-order valence-corrected chi connectivity index (χ4v) is 4.17. The van der Waals surface area contributed by atoms with Gasteiger partial charge in [0.15, 0.2) is 18.1 Å². The number of carbonyl (C=O) groups is 3. The molecule has 0 unspecified atom stereocenters. The molecule has 1 saturated heterocycles. The Balaban J connectivity index is 1.83. The van der Waals surface area contributed by atoms with Gasteiger partial charge in [-0.1, -0.05) is 45.8 Å². The van der Waals surface area contributed by atoms with E-state index in [9.17, 15) is 14.4 Å². The molecule has 0 spiro atoms. The fourth-order valence-electron chi connectivity index (χ4n) is 2.90. The van der Waals surface area contributed by atoms with Crippen molar-refractivity contribution < 1.29 is 28.6 Å². The third kappa shape index (κ3) is 5.48. The van der Waals surface area contributed by atoms with Gasteiger partial charge in [-0.25, -0.2) is 4.79 Å². The highest BCUT2D eigenvalue weighted by atomic mass is 79.9. The number of thioether (sulfide) groups is 1. The summed E-state index contributed by atoms with van der Waals surface area (Å²) in [6.07, 6.45) is 1.62. The third-order valence-electron chi connectivity index (χ3n) is 4.44. The Kier molecular flexibility index (Phi) is 7.40. The Morgan fingerprint density at radius 1 is 1.16 bits per heavy atom. The Bertz CT molecular complexity index is 1070. The number of benzene rings is 2. The van der Waals surface area contributed by atoms with Crippen molar-refractivity contribution in [2.45, 2.75) is 13.5 Å². The molecule has 0 aromatic heterocycles. The molecule has 3 rings (SSSR count). The summed E-state index contributed by atoms with van der Waals surface area (Å²) in [5.41, 5.74) is 2.58. The summed E-state index contributed by atoms with van der Waals surface area (Å²) in [5, 5.41) is -0.320. The van der Waals surface area contributed by atoms with Gasteiger partial charge in [0.1, 0.15) is 0 Å². The number of hydrogen-bond acceptors (Lipinski definition) is 7. The summed E-state index contributed by atoms with van der Waals surface area (Å²) in [6.45, 7) is 1.91. The molecule has 1 aliphatic heterocycles. The number of aryl methyl sites for hydroxylation is 1. The van der Waals surface area contributed by atoms with Crippen LogP contribution in [0.5, 0.6) is 11.5 Å². The number of carbonyl (C=O) groups excluding carboxylic acids is 3. The van der Waals surface area contributed by atoms with Crippen LogP contribution in [-0.4, -0.2) is 42.8 Å². The first-order chi connectivity index (χ1) is 14.8. The molecule has 0 radical (unpaired) electrons. The number of halogens is 1. The smallest absolute Gasteiger partial charge is 0.343 e. The van der Waals surface area contributed by atoms with Gasteiger partial charge in [0.25, 0.3) is 11.1 Å². The number of nitrogens with zero attached hydrogens (tertiary/aromatic N) is 1. The van der Waals surface area contributed by atoms with Gasteiger partial charge in [-0.05, 0) is 48.0 Å². The van der Waals surface area contributed by atoms with Crippen molar-refractivity contribution in [1.82, 2.24) is 4.90 Å². The average Bonchev–Trinajstić information content (AvgIpc) is 3.00. The molecule has 31 heavy (non-hydrogen) atoms. The zero-order valence-electron chi connectivity index (χ0n) is 17.1. The van der Waals surface area contributed by atoms with Gasteiger partial charge >= 0.3 is 5.97 Å². The summed E-state index contributed by atoms with van der Waals surface area (Å²) < 4.78 is 15.9. The molecule has 7 nitrogen and oxygen atoms in total. The van der Waals surface area contributed by atoms with Gasteiger partial charge in [0.05, 0.1) is 25.7 Å². The first-order valence-corrected chi connectivity index (χ1v) is 10.8. The summed E-state index contributed by atoms with van der Waals surface area (Å²) in [4.78, 5) is 38.2. The minimum absolute atomic E-state index is 0.217. The number of methoxy groups -OCH3 is 2. The topological polar surface area (TPSA) is 82.1 Å². The van der Waals surface area contributed by atoms with Gasteiger partial charge in [0, 0.05) is 4.47 Å². The lowest BCUT2D eigenvalue weighted by molar-refractivity contribution is -0.142. The Labute approximate surface area is 192 Å². The monoisotopic (exact) mass is 505 g/mol. The summed E-state index contributed by atoms with van der Waals surface area (Å²) >= 11 is 4.33. The van der Waals surface area contributed by atoms with E-state index in [1.54, 1.807) is 18.2 Å². The van der Waals surface area contributed by atoms with Gasteiger partial charge < -0.3 is 14.2 Å². The summed E-state index contributed by atoms with van der Waals surface area (Å²) in [7, 11) is 2.74. The Morgan fingerprint density at radius 3 is 2.61 bits per heavy atom. The highest BCUT2D eigenvalue weighted by molar-refractivity contribution is 9.10. The predicted molar refractivity (Wildman–Crippen MR) is 121 cm³/mol. The molecular formula is C22H20BrNO6S. The normalized spacial score (nSPS) is 14.8. The standard InChI is InChI=1S/C22H20BrNO6S/c1-13-5-4-6-14(7-13)11-24-21(26)19(31-22(24)27)9-15-8-17(28-2)18(10-16(15)23)30-12-20(25)29-3/h4-10H,11-12H2,1-3H3/b19-9-. The SMILES string of the molecule is COC(=O)COc1cc(Br)c(/C=C2\SC(=O)N(Cc3cccc(C)c3)C2=O)cc1OC. The van der Waals surface area contributed by atoms with Crippen molar-refractivity contribution >= 4 is 50.9 Å². The van der Waals surface area contributed by atoms with Gasteiger partial charge in [-0.3, -0.25) is 14.5 Å². The molecule has 0 bridgehead atoms. The van der Waals surface area contributed by atoms with Crippen molar-refractivity contribution in [2.24, 2.45) is 0 Å². The second kappa shape index (κ2) is 10.0. The van der Waals surface area contributed by atoms with E-state index in [-0.39, 0.29) is 24.3 Å². The molecule has 162 valence electrons. The molecule has 1 aliphatic rings. The molecule has 0 atom stereocenters. The zero-order chi connectivity index (χ0) is 22.5. The Hall–Kier alpha value is -2.78. The predicted octanol–water partition coefficient (Wildman–Crippen LogP) is 4.55. The van der Waals surface area contributed by atoms with Gasteiger partial charge in [-0.2, -0.15) is 0 Å². The van der Waals surface area contributed by atoms with E-state index in [2.05, 4.69) is 20.7 Å². The van der Waals surface area contributed by atoms with Crippen LogP contribution >= 0.6 is 27.7 Å².